The Morgan fingerprint density at radius 2 is 1.70 bits per heavy atom. The largest absolute Gasteiger partial charge is 0.394 e. The van der Waals surface area contributed by atoms with E-state index in [0.29, 0.717) is 16.4 Å². The van der Waals surface area contributed by atoms with E-state index >= 15 is 0 Å². The molecule has 2 rings (SSSR count). The Hall–Kier alpha value is -1.69. The van der Waals surface area contributed by atoms with Gasteiger partial charge in [0.05, 0.1) is 13.5 Å². The molecule has 1 heterocycles. The van der Waals surface area contributed by atoms with Crippen LogP contribution in [0, 0.1) is 18.2 Å². The Balaban J connectivity index is 2.84. The predicted molar refractivity (Wildman–Crippen MR) is 104 cm³/mol. The standard InChI is InChI=1S/C21H28F4NSi/c1-14-10-16(22)8-9-17(14)18-11-19(27(5,6)7)15(13-26(18)4)12-20(2,3)21(23,24)25/h8-11,13H,12H2,1-7H3/q+1/i12D2. The van der Waals surface area contributed by atoms with Crippen LogP contribution in [0.1, 0.15) is 27.7 Å². The molecular formula is C21H28F4NSi+. The van der Waals surface area contributed by atoms with E-state index in [2.05, 4.69) is 0 Å². The summed E-state index contributed by atoms with van der Waals surface area (Å²) in [5.41, 5.74) is -0.340. The van der Waals surface area contributed by atoms with E-state index in [1.54, 1.807) is 30.7 Å². The zero-order valence-corrected chi connectivity index (χ0v) is 17.8. The van der Waals surface area contributed by atoms with Crippen molar-refractivity contribution in [1.29, 1.82) is 0 Å². The van der Waals surface area contributed by atoms with Crippen molar-refractivity contribution in [2.75, 3.05) is 0 Å². The lowest BCUT2D eigenvalue weighted by molar-refractivity contribution is -0.660. The lowest BCUT2D eigenvalue weighted by atomic mass is 9.85. The van der Waals surface area contributed by atoms with Crippen molar-refractivity contribution in [3.8, 4) is 11.3 Å². The molecule has 0 aliphatic heterocycles. The first kappa shape index (κ1) is 18.7. The van der Waals surface area contributed by atoms with E-state index in [-0.39, 0.29) is 11.4 Å². The molecule has 0 bridgehead atoms. The van der Waals surface area contributed by atoms with Crippen molar-refractivity contribution in [1.82, 2.24) is 0 Å². The Morgan fingerprint density at radius 3 is 2.19 bits per heavy atom. The van der Waals surface area contributed by atoms with Crippen molar-refractivity contribution in [2.24, 2.45) is 12.5 Å². The molecule has 0 amide bonds. The fourth-order valence-corrected chi connectivity index (χ4v) is 4.46. The molecule has 0 atom stereocenters. The smallest absolute Gasteiger partial charge is 0.207 e. The van der Waals surface area contributed by atoms with Gasteiger partial charge in [0.2, 0.25) is 5.69 Å². The number of halogens is 4. The van der Waals surface area contributed by atoms with E-state index < -0.39 is 26.0 Å². The molecule has 0 saturated carbocycles. The highest BCUT2D eigenvalue weighted by atomic mass is 28.3. The molecule has 1 nitrogen and oxygen atoms in total. The van der Waals surface area contributed by atoms with Gasteiger partial charge in [-0.25, -0.2) is 8.96 Å². The molecule has 0 unspecified atom stereocenters. The molecular weight excluding hydrogens is 370 g/mol. The van der Waals surface area contributed by atoms with E-state index in [1.807, 2.05) is 19.6 Å². The Labute approximate surface area is 162 Å². The summed E-state index contributed by atoms with van der Waals surface area (Å²) >= 11 is 0. The van der Waals surface area contributed by atoms with Crippen LogP contribution in [0.25, 0.3) is 11.3 Å². The normalized spacial score (nSPS) is 14.8. The van der Waals surface area contributed by atoms with Crippen LogP contribution >= 0.6 is 0 Å². The summed E-state index contributed by atoms with van der Waals surface area (Å²) in [6, 6.07) is 6.17. The molecule has 0 aliphatic carbocycles. The summed E-state index contributed by atoms with van der Waals surface area (Å²) < 4.78 is 73.3. The Bertz CT molecular complexity index is 931. The molecule has 0 spiro atoms. The zero-order valence-electron chi connectivity index (χ0n) is 18.8. The third-order valence-corrected chi connectivity index (χ3v) is 6.73. The molecule has 0 radical (unpaired) electrons. The maximum Gasteiger partial charge on any atom is 0.394 e. The summed E-state index contributed by atoms with van der Waals surface area (Å²) in [4.78, 5) is 0. The van der Waals surface area contributed by atoms with Crippen LogP contribution < -0.4 is 9.75 Å². The van der Waals surface area contributed by atoms with Gasteiger partial charge < -0.3 is 0 Å². The van der Waals surface area contributed by atoms with E-state index in [0.717, 1.165) is 19.4 Å². The van der Waals surface area contributed by atoms with Gasteiger partial charge in [0.25, 0.3) is 0 Å². The van der Waals surface area contributed by atoms with Crippen LogP contribution in [-0.4, -0.2) is 14.3 Å². The van der Waals surface area contributed by atoms with E-state index in [1.165, 1.54) is 18.3 Å². The molecule has 27 heavy (non-hydrogen) atoms. The average Bonchev–Trinajstić information content (AvgIpc) is 2.52. The van der Waals surface area contributed by atoms with Crippen LogP contribution in [0.5, 0.6) is 0 Å². The monoisotopic (exact) mass is 400 g/mol. The Morgan fingerprint density at radius 1 is 1.11 bits per heavy atom. The fourth-order valence-electron chi connectivity index (χ4n) is 2.96. The molecule has 148 valence electrons. The topological polar surface area (TPSA) is 3.88 Å². The van der Waals surface area contributed by atoms with Crippen molar-refractivity contribution in [3.05, 3.63) is 47.4 Å². The number of nitrogens with zero attached hydrogens (tertiary/aromatic N) is 1. The molecule has 1 aromatic heterocycles. The van der Waals surface area contributed by atoms with Gasteiger partial charge in [0.1, 0.15) is 12.9 Å². The second-order valence-electron chi connectivity index (χ2n) is 8.55. The molecule has 0 N–H and O–H groups in total. The predicted octanol–water partition coefficient (Wildman–Crippen LogP) is 5.30. The molecule has 1 aromatic carbocycles. The summed E-state index contributed by atoms with van der Waals surface area (Å²) in [6.45, 7) is 9.50. The molecule has 0 fully saturated rings. The van der Waals surface area contributed by atoms with Gasteiger partial charge in [-0.05, 0) is 42.2 Å². The van der Waals surface area contributed by atoms with Crippen LogP contribution in [0.4, 0.5) is 17.6 Å². The minimum absolute atomic E-state index is 0.0602. The van der Waals surface area contributed by atoms with Crippen molar-refractivity contribution < 1.29 is 24.9 Å². The van der Waals surface area contributed by atoms with Gasteiger partial charge in [-0.2, -0.15) is 13.2 Å². The second kappa shape index (κ2) is 7.04. The number of rotatable bonds is 4. The molecule has 2 aromatic rings. The number of hydrogen-bond acceptors (Lipinski definition) is 0. The summed E-state index contributed by atoms with van der Waals surface area (Å²) in [7, 11) is -0.563. The van der Waals surface area contributed by atoms with E-state index in [9.17, 15) is 17.6 Å². The number of aryl methyl sites for hydroxylation is 2. The number of benzene rings is 1. The first-order valence-corrected chi connectivity index (χ1v) is 12.3. The van der Waals surface area contributed by atoms with E-state index in [4.69, 9.17) is 2.74 Å². The van der Waals surface area contributed by atoms with Gasteiger partial charge in [-0.3, -0.25) is 0 Å². The van der Waals surface area contributed by atoms with Gasteiger partial charge in [-0.1, -0.05) is 33.5 Å². The first-order valence-electron chi connectivity index (χ1n) is 9.79. The first-order chi connectivity index (χ1) is 12.9. The third-order valence-electron chi connectivity index (χ3n) is 4.70. The quantitative estimate of drug-likeness (QED) is 0.372. The lowest BCUT2D eigenvalue weighted by Gasteiger charge is -2.30. The SMILES string of the molecule is [2H]C([2H])(c1c[n+](C)c(-c2ccc(F)cc2C)cc1[Si](C)(C)C)C(C)(C)C(F)(F)F. The van der Waals surface area contributed by atoms with Crippen LogP contribution in [0.15, 0.2) is 30.5 Å². The maximum absolute atomic E-state index is 13.7. The highest BCUT2D eigenvalue weighted by Crippen LogP contribution is 2.40. The average molecular weight is 401 g/mol. The Kier molecular flexibility index (Phi) is 4.87. The van der Waals surface area contributed by atoms with Gasteiger partial charge in [0, 0.05) is 19.9 Å². The summed E-state index contributed by atoms with van der Waals surface area (Å²) in [5.74, 6) is -0.362. The minimum atomic E-state index is -4.71. The van der Waals surface area contributed by atoms with Crippen molar-refractivity contribution in [2.45, 2.75) is 53.0 Å². The van der Waals surface area contributed by atoms with Crippen LogP contribution in [-0.2, 0) is 13.4 Å². The fraction of sp³-hybridized carbons (Fsp3) is 0.476. The highest BCUT2D eigenvalue weighted by molar-refractivity contribution is 6.89. The van der Waals surface area contributed by atoms with Crippen LogP contribution in [0.3, 0.4) is 0 Å². The highest BCUT2D eigenvalue weighted by Gasteiger charge is 2.48. The van der Waals surface area contributed by atoms with Gasteiger partial charge in [0.15, 0.2) is 6.20 Å². The number of pyridine rings is 1. The summed E-state index contributed by atoms with van der Waals surface area (Å²) in [5, 5.41) is 0.622. The third kappa shape index (κ3) is 4.59. The lowest BCUT2D eigenvalue weighted by Crippen LogP contribution is -2.47. The van der Waals surface area contributed by atoms with Crippen molar-refractivity contribution >= 4 is 13.3 Å². The molecule has 0 saturated heterocycles. The number of alkyl halides is 3. The molecule has 6 heteroatoms. The van der Waals surface area contributed by atoms with Crippen molar-refractivity contribution in [3.63, 3.8) is 0 Å². The van der Waals surface area contributed by atoms with Gasteiger partial charge >= 0.3 is 6.18 Å². The van der Waals surface area contributed by atoms with Gasteiger partial charge in [-0.15, -0.1) is 0 Å². The minimum Gasteiger partial charge on any atom is -0.207 e. The second-order valence-corrected chi connectivity index (χ2v) is 13.6. The number of hydrogen-bond donors (Lipinski definition) is 0. The zero-order chi connectivity index (χ0) is 22.6. The van der Waals surface area contributed by atoms with Crippen LogP contribution in [0.2, 0.25) is 19.6 Å². The molecule has 0 aliphatic rings. The maximum atomic E-state index is 13.7. The number of aromatic nitrogens is 1. The summed E-state index contributed by atoms with van der Waals surface area (Å²) in [6.07, 6.45) is -5.87.